The number of benzene rings is 1. The van der Waals surface area contributed by atoms with E-state index in [0.29, 0.717) is 13.2 Å². The number of hydrogen-bond acceptors (Lipinski definition) is 6. The first kappa shape index (κ1) is 14.3. The molecule has 1 aliphatic rings. The lowest BCUT2D eigenvalue weighted by atomic mass is 10.0. The Bertz CT molecular complexity index is 615. The second-order valence-corrected chi connectivity index (χ2v) is 5.85. The van der Waals surface area contributed by atoms with Crippen LogP contribution in [0.1, 0.15) is 41.9 Å². The van der Waals surface area contributed by atoms with E-state index >= 15 is 0 Å². The fraction of sp³-hybridized carbons (Fsp3) is 0.467. The molecule has 0 saturated heterocycles. The molecule has 2 aromatic rings. The molecule has 0 bridgehead atoms. The summed E-state index contributed by atoms with van der Waals surface area (Å²) < 4.78 is 15.4. The second-order valence-electron chi connectivity index (χ2n) is 5.07. The molecule has 1 unspecified atom stereocenters. The second kappa shape index (κ2) is 6.41. The summed E-state index contributed by atoms with van der Waals surface area (Å²) in [7, 11) is 0. The molecule has 0 saturated carbocycles. The largest absolute Gasteiger partial charge is 0.490 e. The Morgan fingerprint density at radius 3 is 2.90 bits per heavy atom. The van der Waals surface area contributed by atoms with E-state index in [0.717, 1.165) is 46.9 Å². The van der Waals surface area contributed by atoms with Crippen molar-refractivity contribution < 1.29 is 9.47 Å². The molecule has 1 atom stereocenters. The van der Waals surface area contributed by atoms with Gasteiger partial charge >= 0.3 is 0 Å². The van der Waals surface area contributed by atoms with Crippen molar-refractivity contribution in [2.75, 3.05) is 13.2 Å². The normalized spacial score (nSPS) is 15.5. The maximum atomic E-state index is 6.40. The molecule has 0 radical (unpaired) electrons. The lowest BCUT2D eigenvalue weighted by Crippen LogP contribution is -2.12. The van der Waals surface area contributed by atoms with Gasteiger partial charge in [-0.3, -0.25) is 0 Å². The van der Waals surface area contributed by atoms with Gasteiger partial charge in [0.2, 0.25) is 0 Å². The van der Waals surface area contributed by atoms with Crippen molar-refractivity contribution in [2.24, 2.45) is 5.73 Å². The summed E-state index contributed by atoms with van der Waals surface area (Å²) in [5.74, 6) is 1.56. The molecule has 1 aromatic carbocycles. The molecule has 0 fully saturated rings. The summed E-state index contributed by atoms with van der Waals surface area (Å²) in [5.41, 5.74) is 8.40. The zero-order valence-electron chi connectivity index (χ0n) is 12.0. The Labute approximate surface area is 128 Å². The SMILES string of the molecule is CCCc1nnsc1C(N)c1ccc2c(c1)OCCCO2. The van der Waals surface area contributed by atoms with Crippen molar-refractivity contribution in [3.8, 4) is 11.5 Å². The summed E-state index contributed by atoms with van der Waals surface area (Å²) in [6, 6.07) is 5.68. The summed E-state index contributed by atoms with van der Waals surface area (Å²) in [5, 5.41) is 4.19. The zero-order chi connectivity index (χ0) is 14.7. The van der Waals surface area contributed by atoms with Crippen LogP contribution in [-0.4, -0.2) is 22.8 Å². The Morgan fingerprint density at radius 1 is 1.29 bits per heavy atom. The maximum absolute atomic E-state index is 6.40. The van der Waals surface area contributed by atoms with Crippen LogP contribution in [0.15, 0.2) is 18.2 Å². The van der Waals surface area contributed by atoms with Crippen LogP contribution in [0.4, 0.5) is 0 Å². The highest BCUT2D eigenvalue weighted by Crippen LogP contribution is 2.34. The van der Waals surface area contributed by atoms with Crippen LogP contribution in [0, 0.1) is 0 Å². The van der Waals surface area contributed by atoms with Gasteiger partial charge in [0.1, 0.15) is 0 Å². The molecule has 0 amide bonds. The lowest BCUT2D eigenvalue weighted by molar-refractivity contribution is 0.297. The van der Waals surface area contributed by atoms with Gasteiger partial charge in [0.05, 0.1) is 29.8 Å². The third-order valence-corrected chi connectivity index (χ3v) is 4.33. The van der Waals surface area contributed by atoms with Gasteiger partial charge in [0, 0.05) is 6.42 Å². The highest BCUT2D eigenvalue weighted by Gasteiger charge is 2.19. The summed E-state index contributed by atoms with van der Waals surface area (Å²) in [6.45, 7) is 3.49. The summed E-state index contributed by atoms with van der Waals surface area (Å²) in [6.07, 6.45) is 2.84. The standard InChI is InChI=1S/C15H19N3O2S/c1-2-4-11-15(21-18-17-11)14(16)10-5-6-12-13(9-10)20-8-3-7-19-12/h5-6,9,14H,2-4,7-8,16H2,1H3. The number of aryl methyl sites for hydroxylation is 1. The van der Waals surface area contributed by atoms with Crippen LogP contribution in [0.2, 0.25) is 0 Å². The van der Waals surface area contributed by atoms with Gasteiger partial charge in [-0.2, -0.15) is 0 Å². The Kier molecular flexibility index (Phi) is 4.36. The fourth-order valence-electron chi connectivity index (χ4n) is 2.39. The molecule has 21 heavy (non-hydrogen) atoms. The monoisotopic (exact) mass is 305 g/mol. The van der Waals surface area contributed by atoms with E-state index in [-0.39, 0.29) is 6.04 Å². The minimum Gasteiger partial charge on any atom is -0.490 e. The molecule has 2 heterocycles. The Morgan fingerprint density at radius 2 is 2.10 bits per heavy atom. The first-order valence-corrected chi connectivity index (χ1v) is 8.03. The number of rotatable bonds is 4. The van der Waals surface area contributed by atoms with E-state index in [1.54, 1.807) is 0 Å². The van der Waals surface area contributed by atoms with E-state index in [4.69, 9.17) is 15.2 Å². The van der Waals surface area contributed by atoms with Crippen molar-refractivity contribution in [1.29, 1.82) is 0 Å². The molecule has 0 aliphatic carbocycles. The predicted octanol–water partition coefficient (Wildman–Crippen LogP) is 2.70. The number of nitrogens with two attached hydrogens (primary N) is 1. The molecule has 5 nitrogen and oxygen atoms in total. The van der Waals surface area contributed by atoms with Crippen LogP contribution < -0.4 is 15.2 Å². The van der Waals surface area contributed by atoms with E-state index in [1.807, 2.05) is 18.2 Å². The molecule has 0 spiro atoms. The Balaban J connectivity index is 1.89. The highest BCUT2D eigenvalue weighted by molar-refractivity contribution is 7.05. The molecule has 2 N–H and O–H groups in total. The van der Waals surface area contributed by atoms with E-state index in [2.05, 4.69) is 16.5 Å². The van der Waals surface area contributed by atoms with E-state index in [9.17, 15) is 0 Å². The molecule has 1 aliphatic heterocycles. The molecule has 1 aromatic heterocycles. The quantitative estimate of drug-likeness (QED) is 0.940. The third kappa shape index (κ3) is 3.01. The van der Waals surface area contributed by atoms with Gasteiger partial charge in [-0.1, -0.05) is 23.9 Å². The number of aromatic nitrogens is 2. The smallest absolute Gasteiger partial charge is 0.161 e. The van der Waals surface area contributed by atoms with Crippen molar-refractivity contribution in [3.05, 3.63) is 34.3 Å². The third-order valence-electron chi connectivity index (χ3n) is 3.49. The van der Waals surface area contributed by atoms with Gasteiger partial charge in [0.25, 0.3) is 0 Å². The van der Waals surface area contributed by atoms with Crippen molar-refractivity contribution in [1.82, 2.24) is 9.59 Å². The zero-order valence-corrected chi connectivity index (χ0v) is 12.9. The van der Waals surface area contributed by atoms with Crippen LogP contribution in [-0.2, 0) is 6.42 Å². The topological polar surface area (TPSA) is 70.3 Å². The van der Waals surface area contributed by atoms with E-state index < -0.39 is 0 Å². The average Bonchev–Trinajstić information content (AvgIpc) is 2.82. The molecular weight excluding hydrogens is 286 g/mol. The molecule has 112 valence electrons. The van der Waals surface area contributed by atoms with Crippen LogP contribution in [0.3, 0.4) is 0 Å². The van der Waals surface area contributed by atoms with E-state index in [1.165, 1.54) is 11.5 Å². The van der Waals surface area contributed by atoms with Gasteiger partial charge < -0.3 is 15.2 Å². The molecule has 3 rings (SSSR count). The first-order chi connectivity index (χ1) is 10.3. The first-order valence-electron chi connectivity index (χ1n) is 7.26. The number of hydrogen-bond donors (Lipinski definition) is 1. The van der Waals surface area contributed by atoms with Gasteiger partial charge in [-0.25, -0.2) is 0 Å². The lowest BCUT2D eigenvalue weighted by Gasteiger charge is -2.14. The van der Waals surface area contributed by atoms with Crippen molar-refractivity contribution in [2.45, 2.75) is 32.2 Å². The maximum Gasteiger partial charge on any atom is 0.161 e. The number of nitrogens with zero attached hydrogens (tertiary/aromatic N) is 2. The number of ether oxygens (including phenoxy) is 2. The minimum atomic E-state index is -0.219. The minimum absolute atomic E-state index is 0.219. The van der Waals surface area contributed by atoms with Crippen LogP contribution in [0.25, 0.3) is 0 Å². The van der Waals surface area contributed by atoms with Crippen molar-refractivity contribution in [3.63, 3.8) is 0 Å². The van der Waals surface area contributed by atoms with Crippen LogP contribution >= 0.6 is 11.5 Å². The molecule has 6 heteroatoms. The molecular formula is C15H19N3O2S. The fourth-order valence-corrected chi connectivity index (χ4v) is 3.11. The summed E-state index contributed by atoms with van der Waals surface area (Å²) in [4.78, 5) is 1.03. The van der Waals surface area contributed by atoms with Crippen molar-refractivity contribution >= 4 is 11.5 Å². The van der Waals surface area contributed by atoms with Crippen LogP contribution in [0.5, 0.6) is 11.5 Å². The van der Waals surface area contributed by atoms with Gasteiger partial charge in [-0.15, -0.1) is 5.10 Å². The summed E-state index contributed by atoms with van der Waals surface area (Å²) >= 11 is 1.38. The highest BCUT2D eigenvalue weighted by atomic mass is 32.1. The average molecular weight is 305 g/mol. The van der Waals surface area contributed by atoms with Gasteiger partial charge in [0.15, 0.2) is 11.5 Å². The predicted molar refractivity (Wildman–Crippen MR) is 82.0 cm³/mol. The van der Waals surface area contributed by atoms with Gasteiger partial charge in [-0.05, 0) is 35.6 Å². The Hall–Kier alpha value is -1.66. The number of fused-ring (bicyclic) bond motifs is 1.